The van der Waals surface area contributed by atoms with E-state index in [0.29, 0.717) is 12.5 Å². The summed E-state index contributed by atoms with van der Waals surface area (Å²) < 4.78 is 15.6. The van der Waals surface area contributed by atoms with E-state index in [4.69, 9.17) is 13.7 Å². The van der Waals surface area contributed by atoms with Gasteiger partial charge in [-0.15, -0.1) is 0 Å². The van der Waals surface area contributed by atoms with Crippen LogP contribution < -0.4 is 19.0 Å². The van der Waals surface area contributed by atoms with Gasteiger partial charge in [-0.3, -0.25) is 9.69 Å². The van der Waals surface area contributed by atoms with Gasteiger partial charge in [0.25, 0.3) is 0 Å². The van der Waals surface area contributed by atoms with Gasteiger partial charge in [-0.05, 0) is 42.0 Å². The van der Waals surface area contributed by atoms with Crippen LogP contribution in [0.2, 0.25) is 0 Å². The second kappa shape index (κ2) is 8.62. The number of fused-ring (bicyclic) bond motifs is 1. The molecule has 0 aliphatic carbocycles. The van der Waals surface area contributed by atoms with Crippen LogP contribution in [-0.4, -0.2) is 55.2 Å². The number of anilines is 1. The summed E-state index contributed by atoms with van der Waals surface area (Å²) in [6.45, 7) is 4.59. The van der Waals surface area contributed by atoms with Gasteiger partial charge in [-0.1, -0.05) is 6.07 Å². The molecule has 1 saturated heterocycles. The monoisotopic (exact) mass is 401 g/mol. The number of hydrogen-bond donors (Lipinski definition) is 2. The summed E-state index contributed by atoms with van der Waals surface area (Å²) >= 11 is 3.76. The van der Waals surface area contributed by atoms with Crippen molar-refractivity contribution in [2.24, 2.45) is 0 Å². The Morgan fingerprint density at radius 1 is 1.04 bits per heavy atom. The van der Waals surface area contributed by atoms with Crippen LogP contribution in [-0.2, 0) is 11.3 Å². The van der Waals surface area contributed by atoms with E-state index in [2.05, 4.69) is 29.2 Å². The first kappa shape index (κ1) is 18.8. The van der Waals surface area contributed by atoms with Crippen molar-refractivity contribution in [3.05, 3.63) is 48.0 Å². The second-order valence-corrected chi connectivity index (χ2v) is 7.00. The molecular weight excluding hydrogens is 378 g/mol. The summed E-state index contributed by atoms with van der Waals surface area (Å²) in [6.07, 6.45) is 0. The van der Waals surface area contributed by atoms with Crippen LogP contribution in [0.5, 0.6) is 17.2 Å². The number of carbonyl (C=O) groups is 1. The van der Waals surface area contributed by atoms with E-state index in [1.54, 1.807) is 12.1 Å². The molecular formula is C20H23N3O4S. The number of nitrogens with one attached hydrogen (secondary N) is 1. The van der Waals surface area contributed by atoms with Gasteiger partial charge in [0.2, 0.25) is 12.7 Å². The van der Waals surface area contributed by atoms with Crippen molar-refractivity contribution in [1.82, 2.24) is 9.80 Å². The van der Waals surface area contributed by atoms with Crippen LogP contribution in [0, 0.1) is 0 Å². The Hall–Kier alpha value is -2.58. The third-order valence-electron chi connectivity index (χ3n) is 4.97. The lowest BCUT2D eigenvalue weighted by atomic mass is 10.1. The minimum Gasteiger partial charge on any atom is -0.454 e. The maximum absolute atomic E-state index is 12.5. The minimum absolute atomic E-state index is 0.109. The molecule has 0 bridgehead atoms. The number of hydrogen-bond acceptors (Lipinski definition) is 7. The Morgan fingerprint density at radius 2 is 1.79 bits per heavy atom. The van der Waals surface area contributed by atoms with Gasteiger partial charge < -0.3 is 23.9 Å². The Balaban J connectivity index is 1.22. The fraction of sp³-hybridized carbons (Fsp3) is 0.350. The van der Waals surface area contributed by atoms with Crippen LogP contribution in [0.15, 0.2) is 42.5 Å². The molecule has 0 unspecified atom stereocenters. The number of nitrogens with zero attached hydrogens (tertiary/aromatic N) is 2. The number of amides is 1. The SMILES string of the molecule is O=C(CNc1ccc(OS)cc1)N1CCN(Cc2ccc3c(c2)OCO3)CC1. The van der Waals surface area contributed by atoms with Crippen molar-refractivity contribution in [2.45, 2.75) is 6.54 Å². The van der Waals surface area contributed by atoms with E-state index >= 15 is 0 Å². The number of ether oxygens (including phenoxy) is 2. The van der Waals surface area contributed by atoms with Gasteiger partial charge in [0, 0.05) is 51.3 Å². The number of rotatable bonds is 6. The molecule has 4 rings (SSSR count). The van der Waals surface area contributed by atoms with Crippen LogP contribution in [0.3, 0.4) is 0 Å². The molecule has 0 atom stereocenters. The normalized spacial score (nSPS) is 16.1. The predicted octanol–water partition coefficient (Wildman–Crippen LogP) is 2.40. The quantitative estimate of drug-likeness (QED) is 0.573. The number of carbonyl (C=O) groups excluding carboxylic acids is 1. The highest BCUT2D eigenvalue weighted by atomic mass is 32.1. The van der Waals surface area contributed by atoms with Crippen LogP contribution in [0.1, 0.15) is 5.56 Å². The van der Waals surface area contributed by atoms with E-state index in [0.717, 1.165) is 49.9 Å². The molecule has 1 amide bonds. The van der Waals surface area contributed by atoms with E-state index in [-0.39, 0.29) is 12.5 Å². The molecule has 2 aromatic rings. The van der Waals surface area contributed by atoms with Gasteiger partial charge in [-0.2, -0.15) is 0 Å². The maximum Gasteiger partial charge on any atom is 0.241 e. The molecule has 148 valence electrons. The minimum atomic E-state index is 0.109. The molecule has 0 aromatic heterocycles. The van der Waals surface area contributed by atoms with Crippen molar-refractivity contribution < 1.29 is 18.5 Å². The summed E-state index contributed by atoms with van der Waals surface area (Å²) in [5.41, 5.74) is 2.07. The van der Waals surface area contributed by atoms with Crippen molar-refractivity contribution >= 4 is 24.5 Å². The van der Waals surface area contributed by atoms with Crippen molar-refractivity contribution in [2.75, 3.05) is 44.8 Å². The smallest absolute Gasteiger partial charge is 0.241 e. The molecule has 2 aromatic carbocycles. The van der Waals surface area contributed by atoms with Gasteiger partial charge in [0.15, 0.2) is 11.5 Å². The first-order chi connectivity index (χ1) is 13.7. The van der Waals surface area contributed by atoms with Gasteiger partial charge in [0.1, 0.15) is 5.75 Å². The third-order valence-corrected chi connectivity index (χ3v) is 5.18. The van der Waals surface area contributed by atoms with Crippen LogP contribution in [0.25, 0.3) is 0 Å². The topological polar surface area (TPSA) is 63.3 Å². The Labute approximate surface area is 169 Å². The summed E-state index contributed by atoms with van der Waals surface area (Å²) in [4.78, 5) is 16.7. The highest BCUT2D eigenvalue weighted by molar-refractivity contribution is 7.75. The highest BCUT2D eigenvalue weighted by Crippen LogP contribution is 2.32. The summed E-state index contributed by atoms with van der Waals surface area (Å²) in [7, 11) is 0. The zero-order valence-electron chi connectivity index (χ0n) is 15.5. The molecule has 1 N–H and O–H groups in total. The summed E-state index contributed by atoms with van der Waals surface area (Å²) in [6, 6.07) is 13.4. The molecule has 0 radical (unpaired) electrons. The second-order valence-electron chi connectivity index (χ2n) is 6.81. The van der Waals surface area contributed by atoms with Gasteiger partial charge >= 0.3 is 0 Å². The Kier molecular flexibility index (Phi) is 5.78. The molecule has 8 heteroatoms. The molecule has 0 spiro atoms. The third kappa shape index (κ3) is 4.45. The lowest BCUT2D eigenvalue weighted by molar-refractivity contribution is -0.131. The van der Waals surface area contributed by atoms with Crippen molar-refractivity contribution in [1.29, 1.82) is 0 Å². The lowest BCUT2D eigenvalue weighted by Gasteiger charge is -2.35. The number of benzene rings is 2. The predicted molar refractivity (Wildman–Crippen MR) is 109 cm³/mol. The molecule has 2 heterocycles. The van der Waals surface area contributed by atoms with E-state index in [1.165, 1.54) is 5.56 Å². The molecule has 2 aliphatic heterocycles. The average molecular weight is 401 g/mol. The highest BCUT2D eigenvalue weighted by Gasteiger charge is 2.21. The molecule has 7 nitrogen and oxygen atoms in total. The first-order valence-electron chi connectivity index (χ1n) is 9.25. The van der Waals surface area contributed by atoms with Gasteiger partial charge in [-0.25, -0.2) is 0 Å². The van der Waals surface area contributed by atoms with E-state index in [1.807, 2.05) is 29.2 Å². The fourth-order valence-corrected chi connectivity index (χ4v) is 3.50. The molecule has 0 saturated carbocycles. The molecule has 28 heavy (non-hydrogen) atoms. The standard InChI is InChI=1S/C20H23N3O4S/c24-20(12-21-16-2-4-17(27-28)5-3-16)23-9-7-22(8-10-23)13-15-1-6-18-19(11-15)26-14-25-18/h1-6,11,21,28H,7-10,12-14H2. The summed E-state index contributed by atoms with van der Waals surface area (Å²) in [5, 5.41) is 3.16. The van der Waals surface area contributed by atoms with Crippen molar-refractivity contribution in [3.8, 4) is 17.2 Å². The number of piperazine rings is 1. The summed E-state index contributed by atoms with van der Waals surface area (Å²) in [5.74, 6) is 2.39. The van der Waals surface area contributed by atoms with E-state index < -0.39 is 0 Å². The first-order valence-corrected chi connectivity index (χ1v) is 9.62. The maximum atomic E-state index is 12.5. The van der Waals surface area contributed by atoms with E-state index in [9.17, 15) is 4.79 Å². The Bertz CT molecular complexity index is 823. The van der Waals surface area contributed by atoms with Crippen LogP contribution >= 0.6 is 12.9 Å². The largest absolute Gasteiger partial charge is 0.454 e. The number of thiol groups is 1. The average Bonchev–Trinajstić information content (AvgIpc) is 3.21. The van der Waals surface area contributed by atoms with Crippen molar-refractivity contribution in [3.63, 3.8) is 0 Å². The lowest BCUT2D eigenvalue weighted by Crippen LogP contribution is -2.49. The fourth-order valence-electron chi connectivity index (χ4n) is 3.38. The zero-order valence-corrected chi connectivity index (χ0v) is 16.4. The molecule has 2 aliphatic rings. The Morgan fingerprint density at radius 3 is 2.54 bits per heavy atom. The molecule has 1 fully saturated rings. The zero-order chi connectivity index (χ0) is 19.3. The van der Waals surface area contributed by atoms with Gasteiger partial charge in [0.05, 0.1) is 6.54 Å². The van der Waals surface area contributed by atoms with Crippen LogP contribution in [0.4, 0.5) is 5.69 Å².